The molecule has 3 aromatic rings. The van der Waals surface area contributed by atoms with Crippen molar-refractivity contribution in [2.24, 2.45) is 11.8 Å². The van der Waals surface area contributed by atoms with Gasteiger partial charge in [0.05, 0.1) is 31.6 Å². The molecule has 1 saturated carbocycles. The van der Waals surface area contributed by atoms with Gasteiger partial charge in [-0.25, -0.2) is 4.98 Å². The third kappa shape index (κ3) is 3.29. The number of quaternary nitrogens is 1. The summed E-state index contributed by atoms with van der Waals surface area (Å²) in [5.41, 5.74) is 0.921. The third-order valence-corrected chi connectivity index (χ3v) is 7.68. The zero-order valence-electron chi connectivity index (χ0n) is 15.7. The van der Waals surface area contributed by atoms with Crippen LogP contribution in [0.3, 0.4) is 0 Å². The van der Waals surface area contributed by atoms with E-state index in [9.17, 15) is 9.59 Å². The van der Waals surface area contributed by atoms with Gasteiger partial charge >= 0.3 is 0 Å². The number of aromatic amines is 1. The molecule has 2 fully saturated rings. The Balaban J connectivity index is 1.29. The summed E-state index contributed by atoms with van der Waals surface area (Å²) in [5.74, 6) is 1.89. The molecule has 28 heavy (non-hydrogen) atoms. The minimum atomic E-state index is -0.0550. The summed E-state index contributed by atoms with van der Waals surface area (Å²) in [5, 5.41) is 4.74. The normalized spacial score (nSPS) is 22.7. The first-order valence-electron chi connectivity index (χ1n) is 9.77. The third-order valence-electron chi connectivity index (χ3n) is 5.91. The summed E-state index contributed by atoms with van der Waals surface area (Å²) in [7, 11) is 0. The Hall–Kier alpha value is -2.03. The number of aromatic nitrogens is 2. The van der Waals surface area contributed by atoms with Gasteiger partial charge in [0.1, 0.15) is 11.4 Å². The predicted octanol–water partition coefficient (Wildman–Crippen LogP) is 1.60. The quantitative estimate of drug-likeness (QED) is 0.680. The Bertz CT molecular complexity index is 1060. The Labute approximate surface area is 170 Å². The predicted molar refractivity (Wildman–Crippen MR) is 112 cm³/mol. The molecule has 6 nitrogen and oxygen atoms in total. The van der Waals surface area contributed by atoms with E-state index in [0.717, 1.165) is 53.7 Å². The molecule has 3 aromatic heterocycles. The minimum Gasteiger partial charge on any atom is -0.331 e. The van der Waals surface area contributed by atoms with Gasteiger partial charge in [0.15, 0.2) is 5.82 Å². The Morgan fingerprint density at radius 1 is 1.36 bits per heavy atom. The number of nitrogens with one attached hydrogen (secondary N) is 2. The van der Waals surface area contributed by atoms with Crippen LogP contribution in [0.25, 0.3) is 20.7 Å². The second-order valence-corrected chi connectivity index (χ2v) is 9.70. The summed E-state index contributed by atoms with van der Waals surface area (Å²) < 4.78 is 0. The monoisotopic (exact) mass is 415 g/mol. The maximum atomic E-state index is 12.7. The fraction of sp³-hybridized carbons (Fsp3) is 0.450. The van der Waals surface area contributed by atoms with Crippen molar-refractivity contribution < 1.29 is 9.69 Å². The maximum Gasteiger partial charge on any atom is 0.260 e. The molecule has 1 aliphatic carbocycles. The standard InChI is InChI=1S/C20H22N4O2S2/c1-12-9-13(12)20(26)24-6-4-23(5-7-24)10-16-21-18(25)17-14(11-28-19(17)22-16)15-3-2-8-27-15/h2-3,8,11-13H,4-7,9-10H2,1H3,(H,21,22,25)/p+1/t12-,13+/m0/s1. The van der Waals surface area contributed by atoms with E-state index in [1.165, 1.54) is 16.2 Å². The molecular weight excluding hydrogens is 392 g/mol. The summed E-state index contributed by atoms with van der Waals surface area (Å²) >= 11 is 3.17. The number of H-pyrrole nitrogens is 1. The van der Waals surface area contributed by atoms with Crippen molar-refractivity contribution in [2.45, 2.75) is 19.9 Å². The molecule has 0 bridgehead atoms. The van der Waals surface area contributed by atoms with Crippen LogP contribution in [0.1, 0.15) is 19.2 Å². The lowest BCUT2D eigenvalue weighted by Gasteiger charge is -2.32. The summed E-state index contributed by atoms with van der Waals surface area (Å²) in [6.07, 6.45) is 1.05. The van der Waals surface area contributed by atoms with Crippen LogP contribution in [0.2, 0.25) is 0 Å². The molecule has 2 aliphatic rings. The molecule has 4 heterocycles. The van der Waals surface area contributed by atoms with Gasteiger partial charge in [0, 0.05) is 21.7 Å². The molecule has 2 N–H and O–H groups in total. The molecule has 0 radical (unpaired) electrons. The number of carbonyl (C=O) groups is 1. The van der Waals surface area contributed by atoms with Gasteiger partial charge < -0.3 is 14.8 Å². The lowest BCUT2D eigenvalue weighted by molar-refractivity contribution is -0.918. The maximum absolute atomic E-state index is 12.7. The minimum absolute atomic E-state index is 0.0550. The van der Waals surface area contributed by atoms with E-state index in [0.29, 0.717) is 23.8 Å². The lowest BCUT2D eigenvalue weighted by Crippen LogP contribution is -3.13. The first-order valence-corrected chi connectivity index (χ1v) is 11.5. The average Bonchev–Trinajstić information content (AvgIpc) is 3.09. The van der Waals surface area contributed by atoms with Crippen molar-refractivity contribution in [3.8, 4) is 10.4 Å². The molecule has 8 heteroatoms. The molecule has 0 spiro atoms. The van der Waals surface area contributed by atoms with Gasteiger partial charge in [0.2, 0.25) is 5.91 Å². The Morgan fingerprint density at radius 2 is 2.14 bits per heavy atom. The van der Waals surface area contributed by atoms with Gasteiger partial charge in [-0.1, -0.05) is 13.0 Å². The van der Waals surface area contributed by atoms with E-state index in [1.807, 2.05) is 27.8 Å². The zero-order chi connectivity index (χ0) is 19.3. The van der Waals surface area contributed by atoms with E-state index in [-0.39, 0.29) is 11.5 Å². The van der Waals surface area contributed by atoms with Crippen LogP contribution in [0, 0.1) is 11.8 Å². The van der Waals surface area contributed by atoms with Crippen molar-refractivity contribution in [3.05, 3.63) is 39.1 Å². The van der Waals surface area contributed by atoms with E-state index in [1.54, 1.807) is 11.3 Å². The fourth-order valence-electron chi connectivity index (χ4n) is 4.05. The van der Waals surface area contributed by atoms with E-state index >= 15 is 0 Å². The SMILES string of the molecule is C[C@H]1C[C@H]1C(=O)N1CC[NH+](Cc2nc3scc(-c4cccs4)c3c(=O)[nH]2)CC1. The molecule has 2 atom stereocenters. The lowest BCUT2D eigenvalue weighted by atomic mass is 10.2. The van der Waals surface area contributed by atoms with Crippen LogP contribution < -0.4 is 10.5 Å². The van der Waals surface area contributed by atoms with Crippen LogP contribution in [0.5, 0.6) is 0 Å². The van der Waals surface area contributed by atoms with Crippen LogP contribution in [-0.2, 0) is 11.3 Å². The number of amides is 1. The number of rotatable bonds is 4. The van der Waals surface area contributed by atoms with E-state index in [2.05, 4.69) is 11.9 Å². The van der Waals surface area contributed by atoms with Crippen molar-refractivity contribution in [3.63, 3.8) is 0 Å². The second kappa shape index (κ2) is 7.09. The highest BCUT2D eigenvalue weighted by Crippen LogP contribution is 2.39. The van der Waals surface area contributed by atoms with E-state index in [4.69, 9.17) is 4.98 Å². The number of hydrogen-bond acceptors (Lipinski definition) is 5. The van der Waals surface area contributed by atoms with Gasteiger partial charge in [0.25, 0.3) is 5.56 Å². The number of carbonyl (C=O) groups excluding carboxylic acids is 1. The number of piperazine rings is 1. The number of thiophene rings is 2. The molecule has 0 aromatic carbocycles. The Kier molecular flexibility index (Phi) is 4.57. The first kappa shape index (κ1) is 18.0. The molecule has 1 aliphatic heterocycles. The summed E-state index contributed by atoms with van der Waals surface area (Å²) in [6, 6.07) is 4.03. The molecular formula is C20H23N4O2S2+. The van der Waals surface area contributed by atoms with Gasteiger partial charge in [-0.15, -0.1) is 22.7 Å². The second-order valence-electron chi connectivity index (χ2n) is 7.89. The number of fused-ring (bicyclic) bond motifs is 1. The van der Waals surface area contributed by atoms with Crippen molar-refractivity contribution in [1.82, 2.24) is 14.9 Å². The van der Waals surface area contributed by atoms with Crippen molar-refractivity contribution >= 4 is 38.8 Å². The largest absolute Gasteiger partial charge is 0.331 e. The summed E-state index contributed by atoms with van der Waals surface area (Å²) in [6.45, 7) is 6.24. The van der Waals surface area contributed by atoms with Crippen LogP contribution >= 0.6 is 22.7 Å². The number of hydrogen-bond donors (Lipinski definition) is 2. The molecule has 5 rings (SSSR count). The smallest absolute Gasteiger partial charge is 0.260 e. The first-order chi connectivity index (χ1) is 13.6. The van der Waals surface area contributed by atoms with Gasteiger partial charge in [-0.2, -0.15) is 0 Å². The number of nitrogens with zero attached hydrogens (tertiary/aromatic N) is 2. The molecule has 146 valence electrons. The zero-order valence-corrected chi connectivity index (χ0v) is 17.4. The van der Waals surface area contributed by atoms with Gasteiger partial charge in [-0.3, -0.25) is 9.59 Å². The molecule has 0 unspecified atom stereocenters. The molecule has 1 amide bonds. The topological polar surface area (TPSA) is 70.5 Å². The Morgan fingerprint density at radius 3 is 2.82 bits per heavy atom. The molecule has 1 saturated heterocycles. The summed E-state index contributed by atoms with van der Waals surface area (Å²) in [4.78, 5) is 38.1. The van der Waals surface area contributed by atoms with Gasteiger partial charge in [-0.05, 0) is 23.8 Å². The average molecular weight is 416 g/mol. The van der Waals surface area contributed by atoms with E-state index < -0.39 is 0 Å². The highest BCUT2D eigenvalue weighted by atomic mass is 32.1. The van der Waals surface area contributed by atoms with Crippen LogP contribution in [0.15, 0.2) is 27.7 Å². The van der Waals surface area contributed by atoms with Crippen molar-refractivity contribution in [1.29, 1.82) is 0 Å². The van der Waals surface area contributed by atoms with Crippen molar-refractivity contribution in [2.75, 3.05) is 26.2 Å². The van der Waals surface area contributed by atoms with Crippen LogP contribution in [0.4, 0.5) is 0 Å². The highest BCUT2D eigenvalue weighted by Gasteiger charge is 2.42. The van der Waals surface area contributed by atoms with Crippen LogP contribution in [-0.4, -0.2) is 47.0 Å². The highest BCUT2D eigenvalue weighted by molar-refractivity contribution is 7.18. The fourth-order valence-corrected chi connectivity index (χ4v) is 5.83.